The fourth-order valence-electron chi connectivity index (χ4n) is 4.95. The van der Waals surface area contributed by atoms with Gasteiger partial charge in [0.2, 0.25) is 11.8 Å². The summed E-state index contributed by atoms with van der Waals surface area (Å²) < 4.78 is 6.01. The molecule has 1 aromatic carbocycles. The van der Waals surface area contributed by atoms with Crippen LogP contribution in [0, 0.1) is 23.7 Å². The summed E-state index contributed by atoms with van der Waals surface area (Å²) in [6, 6.07) is 9.75. The van der Waals surface area contributed by atoms with E-state index in [9.17, 15) is 9.59 Å². The number of allylic oxidation sites excluding steroid dienone is 2. The van der Waals surface area contributed by atoms with Crippen molar-refractivity contribution in [1.82, 2.24) is 15.5 Å². The summed E-state index contributed by atoms with van der Waals surface area (Å²) >= 11 is 0. The first-order valence-corrected chi connectivity index (χ1v) is 11.4. The molecule has 1 aliphatic heterocycles. The lowest BCUT2D eigenvalue weighted by Gasteiger charge is -2.19. The lowest BCUT2D eigenvalue weighted by Crippen LogP contribution is -2.44. The molecule has 7 nitrogen and oxygen atoms in total. The second-order valence-electron chi connectivity index (χ2n) is 8.44. The second-order valence-corrected chi connectivity index (χ2v) is 8.44. The number of likely N-dealkylation sites (tertiary alicyclic amines) is 1. The second kappa shape index (κ2) is 11.2. The molecule has 2 aliphatic carbocycles. The maximum absolute atomic E-state index is 12.8. The third kappa shape index (κ3) is 5.10. The van der Waals surface area contributed by atoms with Crippen molar-refractivity contribution < 1.29 is 14.3 Å². The average molecular weight is 552 g/mol. The summed E-state index contributed by atoms with van der Waals surface area (Å²) in [7, 11) is 0. The maximum atomic E-state index is 12.8. The average Bonchev–Trinajstić information content (AvgIpc) is 3.47. The van der Waals surface area contributed by atoms with Crippen LogP contribution < -0.4 is 15.4 Å². The Bertz CT molecular complexity index is 830. The van der Waals surface area contributed by atoms with E-state index in [2.05, 4.69) is 34.7 Å². The highest BCUT2D eigenvalue weighted by molar-refractivity contribution is 14.0. The topological polar surface area (TPSA) is 83.0 Å². The molecule has 1 saturated heterocycles. The Kier molecular flexibility index (Phi) is 8.56. The number of hydrogen-bond donors (Lipinski definition) is 2. The molecule has 1 aromatic rings. The van der Waals surface area contributed by atoms with Crippen molar-refractivity contribution in [3.63, 3.8) is 0 Å². The predicted molar refractivity (Wildman–Crippen MR) is 135 cm³/mol. The summed E-state index contributed by atoms with van der Waals surface area (Å²) in [4.78, 5) is 31.7. The lowest BCUT2D eigenvalue weighted by atomic mass is 9.85. The third-order valence-electron chi connectivity index (χ3n) is 6.49. The minimum Gasteiger partial charge on any atom is -0.489 e. The molecule has 1 saturated carbocycles. The number of rotatable bonds is 9. The molecular weight excluding hydrogens is 519 g/mol. The zero-order valence-corrected chi connectivity index (χ0v) is 21.0. The van der Waals surface area contributed by atoms with E-state index < -0.39 is 0 Å². The Hall–Kier alpha value is -2.10. The van der Waals surface area contributed by atoms with Gasteiger partial charge in [-0.1, -0.05) is 37.3 Å². The Morgan fingerprint density at radius 3 is 2.34 bits per heavy atom. The number of amides is 2. The Balaban J connectivity index is 0.00000289. The number of para-hydroxylation sites is 1. The standard InChI is InChI=1S/C24H32N4O3.HI/c1-3-18(31-19-8-6-5-7-9-19)15-27-24(25-4-2)26-12-13-28-22(29)20-16-10-11-17(14-16)21(20)23(28)30;/h5-11,16-18,20-21H,3-4,12-15H2,1-2H3,(H2,25,26,27);1H. The predicted octanol–water partition coefficient (Wildman–Crippen LogP) is 2.82. The van der Waals surface area contributed by atoms with E-state index in [0.717, 1.165) is 25.1 Å². The fraction of sp³-hybridized carbons (Fsp3) is 0.542. The summed E-state index contributed by atoms with van der Waals surface area (Å²) in [6.07, 6.45) is 6.02. The summed E-state index contributed by atoms with van der Waals surface area (Å²) in [5.41, 5.74) is 0. The first-order chi connectivity index (χ1) is 15.1. The van der Waals surface area contributed by atoms with Crippen molar-refractivity contribution >= 4 is 41.8 Å². The number of carbonyl (C=O) groups excluding carboxylic acids is 2. The van der Waals surface area contributed by atoms with Crippen LogP contribution in [0.15, 0.2) is 47.5 Å². The number of carbonyl (C=O) groups is 2. The summed E-state index contributed by atoms with van der Waals surface area (Å²) in [5, 5.41) is 6.48. The maximum Gasteiger partial charge on any atom is 0.233 e. The number of nitrogens with one attached hydrogen (secondary N) is 2. The van der Waals surface area contributed by atoms with Gasteiger partial charge in [-0.25, -0.2) is 4.99 Å². The Morgan fingerprint density at radius 2 is 1.75 bits per heavy atom. The molecular formula is C24H33IN4O3. The van der Waals surface area contributed by atoms with Crippen LogP contribution in [0.3, 0.4) is 0 Å². The van der Waals surface area contributed by atoms with Gasteiger partial charge in [0.1, 0.15) is 11.9 Å². The number of fused-ring (bicyclic) bond motifs is 5. The molecule has 1 heterocycles. The number of halogens is 1. The normalized spacial score (nSPS) is 26.7. The third-order valence-corrected chi connectivity index (χ3v) is 6.49. The molecule has 0 radical (unpaired) electrons. The molecule has 32 heavy (non-hydrogen) atoms. The highest BCUT2D eigenvalue weighted by Gasteiger charge is 2.58. The molecule has 4 rings (SSSR count). The van der Waals surface area contributed by atoms with Gasteiger partial charge in [0.15, 0.2) is 5.96 Å². The van der Waals surface area contributed by atoms with E-state index in [0.29, 0.717) is 25.6 Å². The van der Waals surface area contributed by atoms with E-state index in [1.807, 2.05) is 37.3 Å². The molecule has 174 valence electrons. The Morgan fingerprint density at radius 1 is 1.09 bits per heavy atom. The molecule has 5 unspecified atom stereocenters. The number of guanidine groups is 1. The van der Waals surface area contributed by atoms with Crippen molar-refractivity contribution in [3.05, 3.63) is 42.5 Å². The van der Waals surface area contributed by atoms with Gasteiger partial charge in [-0.15, -0.1) is 24.0 Å². The molecule has 0 aromatic heterocycles. The molecule has 5 atom stereocenters. The highest BCUT2D eigenvalue weighted by Crippen LogP contribution is 2.52. The fourth-order valence-corrected chi connectivity index (χ4v) is 4.95. The number of ether oxygens (including phenoxy) is 1. The molecule has 3 aliphatic rings. The lowest BCUT2D eigenvalue weighted by molar-refractivity contribution is -0.140. The van der Waals surface area contributed by atoms with Crippen LogP contribution in [0.4, 0.5) is 0 Å². The van der Waals surface area contributed by atoms with Crippen molar-refractivity contribution in [2.75, 3.05) is 26.2 Å². The summed E-state index contributed by atoms with van der Waals surface area (Å²) in [6.45, 7) is 6.16. The van der Waals surface area contributed by atoms with Crippen LogP contribution in [-0.2, 0) is 9.59 Å². The van der Waals surface area contributed by atoms with E-state index in [1.165, 1.54) is 4.90 Å². The van der Waals surface area contributed by atoms with Crippen LogP contribution in [0.2, 0.25) is 0 Å². The number of benzene rings is 1. The van der Waals surface area contributed by atoms with Gasteiger partial charge < -0.3 is 15.4 Å². The zero-order valence-electron chi connectivity index (χ0n) is 18.7. The van der Waals surface area contributed by atoms with E-state index in [1.54, 1.807) is 0 Å². The van der Waals surface area contributed by atoms with Gasteiger partial charge in [0.25, 0.3) is 0 Å². The minimum absolute atomic E-state index is 0. The van der Waals surface area contributed by atoms with Crippen LogP contribution in [0.5, 0.6) is 5.75 Å². The number of nitrogens with zero attached hydrogens (tertiary/aromatic N) is 2. The molecule has 0 spiro atoms. The van der Waals surface area contributed by atoms with Crippen LogP contribution in [-0.4, -0.2) is 55.0 Å². The van der Waals surface area contributed by atoms with Crippen molar-refractivity contribution in [3.8, 4) is 5.75 Å². The number of aliphatic imine (C=N–C) groups is 1. The minimum atomic E-state index is -0.134. The zero-order chi connectivity index (χ0) is 21.8. The van der Waals surface area contributed by atoms with Crippen molar-refractivity contribution in [1.29, 1.82) is 0 Å². The molecule has 2 fully saturated rings. The smallest absolute Gasteiger partial charge is 0.233 e. The van der Waals surface area contributed by atoms with E-state index in [-0.39, 0.29) is 65.6 Å². The number of imide groups is 1. The molecule has 2 amide bonds. The molecule has 8 heteroatoms. The quantitative estimate of drug-likeness (QED) is 0.162. The Labute approximate surface area is 207 Å². The largest absolute Gasteiger partial charge is 0.489 e. The number of hydrogen-bond acceptors (Lipinski definition) is 4. The van der Waals surface area contributed by atoms with Crippen LogP contribution in [0.1, 0.15) is 26.7 Å². The van der Waals surface area contributed by atoms with Gasteiger partial charge in [0.05, 0.1) is 18.4 Å². The molecule has 2 N–H and O–H groups in total. The van der Waals surface area contributed by atoms with Crippen molar-refractivity contribution in [2.45, 2.75) is 32.8 Å². The monoisotopic (exact) mass is 552 g/mol. The van der Waals surface area contributed by atoms with Gasteiger partial charge in [-0.05, 0) is 43.7 Å². The summed E-state index contributed by atoms with van der Waals surface area (Å²) in [5.74, 6) is 1.73. The van der Waals surface area contributed by atoms with Crippen LogP contribution >= 0.6 is 24.0 Å². The van der Waals surface area contributed by atoms with Crippen molar-refractivity contribution in [2.24, 2.45) is 28.7 Å². The van der Waals surface area contributed by atoms with Gasteiger partial charge in [0, 0.05) is 19.6 Å². The van der Waals surface area contributed by atoms with E-state index >= 15 is 0 Å². The van der Waals surface area contributed by atoms with E-state index in [4.69, 9.17) is 4.74 Å². The first-order valence-electron chi connectivity index (χ1n) is 11.4. The van der Waals surface area contributed by atoms with Gasteiger partial charge in [-0.2, -0.15) is 0 Å². The van der Waals surface area contributed by atoms with Crippen LogP contribution in [0.25, 0.3) is 0 Å². The molecule has 2 bridgehead atoms. The van der Waals surface area contributed by atoms with Gasteiger partial charge in [-0.3, -0.25) is 14.5 Å². The highest BCUT2D eigenvalue weighted by atomic mass is 127. The SMILES string of the molecule is CCNC(=NCC(CC)Oc1ccccc1)NCCN1C(=O)C2C3C=CC(C3)C2C1=O.I. The van der Waals surface area contributed by atoms with Gasteiger partial charge >= 0.3 is 0 Å². The first kappa shape index (κ1) is 24.5.